The molecule has 1 amide bonds. The summed E-state index contributed by atoms with van der Waals surface area (Å²) in [4.78, 5) is 11.9. The van der Waals surface area contributed by atoms with Gasteiger partial charge in [0.05, 0.1) is 18.8 Å². The highest BCUT2D eigenvalue weighted by Gasteiger charge is 2.16. The lowest BCUT2D eigenvalue weighted by Gasteiger charge is -2.20. The van der Waals surface area contributed by atoms with Gasteiger partial charge in [0.1, 0.15) is 5.76 Å². The van der Waals surface area contributed by atoms with E-state index in [1.807, 2.05) is 19.1 Å². The second-order valence-electron chi connectivity index (χ2n) is 4.25. The molecular weight excluding hydrogens is 248 g/mol. The Morgan fingerprint density at radius 2 is 2.33 bits per heavy atom. The van der Waals surface area contributed by atoms with E-state index < -0.39 is 0 Å². The quantitative estimate of drug-likeness (QED) is 0.759. The van der Waals surface area contributed by atoms with Crippen LogP contribution in [0.2, 0.25) is 0 Å². The summed E-state index contributed by atoms with van der Waals surface area (Å²) >= 11 is 1.79. The fourth-order valence-corrected chi connectivity index (χ4v) is 2.39. The third-order valence-corrected chi connectivity index (χ3v) is 3.49. The van der Waals surface area contributed by atoms with Crippen LogP contribution in [-0.4, -0.2) is 30.0 Å². The van der Waals surface area contributed by atoms with Gasteiger partial charge in [-0.2, -0.15) is 11.8 Å². The molecule has 0 saturated heterocycles. The second kappa shape index (κ2) is 8.21. The highest BCUT2D eigenvalue weighted by atomic mass is 32.2. The van der Waals surface area contributed by atoms with Crippen molar-refractivity contribution in [3.05, 3.63) is 24.2 Å². The average Bonchev–Trinajstić information content (AvgIpc) is 2.88. The van der Waals surface area contributed by atoms with Gasteiger partial charge in [-0.3, -0.25) is 4.79 Å². The maximum atomic E-state index is 11.9. The molecule has 1 aromatic rings. The monoisotopic (exact) mass is 270 g/mol. The molecule has 5 heteroatoms. The summed E-state index contributed by atoms with van der Waals surface area (Å²) in [6.45, 7) is 4.46. The molecule has 0 aromatic carbocycles. The Hall–Kier alpha value is -0.940. The molecule has 2 atom stereocenters. The Bertz CT molecular complexity index is 341. The van der Waals surface area contributed by atoms with E-state index in [2.05, 4.69) is 23.8 Å². The lowest BCUT2D eigenvalue weighted by molar-refractivity contribution is -0.123. The largest absolute Gasteiger partial charge is 0.467 e. The first-order valence-electron chi connectivity index (χ1n) is 6.22. The first-order valence-corrected chi connectivity index (χ1v) is 7.61. The van der Waals surface area contributed by atoms with Gasteiger partial charge in [-0.15, -0.1) is 0 Å². The number of carbonyl (C=O) groups is 1. The molecule has 0 radical (unpaired) electrons. The van der Waals surface area contributed by atoms with Crippen LogP contribution in [0.15, 0.2) is 22.8 Å². The van der Waals surface area contributed by atoms with Crippen molar-refractivity contribution in [1.29, 1.82) is 0 Å². The first-order chi connectivity index (χ1) is 8.67. The first kappa shape index (κ1) is 15.1. The van der Waals surface area contributed by atoms with Crippen LogP contribution in [0.4, 0.5) is 0 Å². The van der Waals surface area contributed by atoms with Gasteiger partial charge in [0.2, 0.25) is 5.91 Å². The Labute approximate surface area is 113 Å². The Kier molecular flexibility index (Phi) is 6.90. The Morgan fingerprint density at radius 1 is 1.56 bits per heavy atom. The number of hydrogen-bond acceptors (Lipinski definition) is 4. The van der Waals surface area contributed by atoms with Crippen molar-refractivity contribution in [3.63, 3.8) is 0 Å². The van der Waals surface area contributed by atoms with Crippen molar-refractivity contribution in [3.8, 4) is 0 Å². The van der Waals surface area contributed by atoms with Crippen LogP contribution in [0.5, 0.6) is 0 Å². The van der Waals surface area contributed by atoms with Crippen LogP contribution in [0.1, 0.15) is 26.0 Å². The standard InChI is InChI=1S/C13H22N2O2S/c1-4-11(9-18-3)15-10(2)13(16)14-8-12-6-5-7-17-12/h5-7,10-11,15H,4,8-9H2,1-3H3,(H,14,16). The summed E-state index contributed by atoms with van der Waals surface area (Å²) in [6.07, 6.45) is 4.71. The van der Waals surface area contributed by atoms with Crippen molar-refractivity contribution in [1.82, 2.24) is 10.6 Å². The number of nitrogens with one attached hydrogen (secondary N) is 2. The fourth-order valence-electron chi connectivity index (χ4n) is 1.65. The number of rotatable bonds is 8. The molecular formula is C13H22N2O2S. The van der Waals surface area contributed by atoms with Crippen LogP contribution >= 0.6 is 11.8 Å². The average molecular weight is 270 g/mol. The molecule has 0 saturated carbocycles. The molecule has 1 heterocycles. The molecule has 1 rings (SSSR count). The van der Waals surface area contributed by atoms with Gasteiger partial charge in [-0.05, 0) is 31.7 Å². The zero-order chi connectivity index (χ0) is 13.4. The summed E-state index contributed by atoms with van der Waals surface area (Å²) < 4.78 is 5.17. The number of furan rings is 1. The van der Waals surface area contributed by atoms with Gasteiger partial charge >= 0.3 is 0 Å². The van der Waals surface area contributed by atoms with E-state index >= 15 is 0 Å². The molecule has 4 nitrogen and oxygen atoms in total. The zero-order valence-electron chi connectivity index (χ0n) is 11.2. The van der Waals surface area contributed by atoms with Crippen molar-refractivity contribution < 1.29 is 9.21 Å². The minimum atomic E-state index is -0.183. The van der Waals surface area contributed by atoms with E-state index in [9.17, 15) is 4.79 Å². The zero-order valence-corrected chi connectivity index (χ0v) is 12.0. The molecule has 0 bridgehead atoms. The maximum Gasteiger partial charge on any atom is 0.237 e. The van der Waals surface area contributed by atoms with Gasteiger partial charge in [0.25, 0.3) is 0 Å². The van der Waals surface area contributed by atoms with Crippen LogP contribution < -0.4 is 10.6 Å². The molecule has 2 unspecified atom stereocenters. The summed E-state index contributed by atoms with van der Waals surface area (Å²) in [7, 11) is 0. The summed E-state index contributed by atoms with van der Waals surface area (Å²) in [6, 6.07) is 3.86. The lowest BCUT2D eigenvalue weighted by atomic mass is 10.2. The third-order valence-electron chi connectivity index (χ3n) is 2.76. The molecule has 18 heavy (non-hydrogen) atoms. The highest BCUT2D eigenvalue weighted by molar-refractivity contribution is 7.98. The predicted octanol–water partition coefficient (Wildman–Crippen LogP) is 2.02. The van der Waals surface area contributed by atoms with Crippen molar-refractivity contribution in [2.45, 2.75) is 38.9 Å². The fraction of sp³-hybridized carbons (Fsp3) is 0.615. The van der Waals surface area contributed by atoms with Crippen LogP contribution in [0, 0.1) is 0 Å². The van der Waals surface area contributed by atoms with Crippen LogP contribution in [0.3, 0.4) is 0 Å². The Balaban J connectivity index is 2.31. The van der Waals surface area contributed by atoms with Crippen LogP contribution in [-0.2, 0) is 11.3 Å². The van der Waals surface area contributed by atoms with E-state index in [4.69, 9.17) is 4.42 Å². The number of hydrogen-bond donors (Lipinski definition) is 2. The van der Waals surface area contributed by atoms with E-state index in [1.54, 1.807) is 18.0 Å². The normalized spacial score (nSPS) is 14.2. The van der Waals surface area contributed by atoms with E-state index in [0.29, 0.717) is 12.6 Å². The van der Waals surface area contributed by atoms with E-state index in [1.165, 1.54) is 0 Å². The molecule has 0 aliphatic carbocycles. The smallest absolute Gasteiger partial charge is 0.237 e. The van der Waals surface area contributed by atoms with Crippen molar-refractivity contribution >= 4 is 17.7 Å². The Morgan fingerprint density at radius 3 is 2.89 bits per heavy atom. The maximum absolute atomic E-state index is 11.9. The summed E-state index contributed by atoms with van der Waals surface area (Å²) in [5, 5.41) is 6.19. The highest BCUT2D eigenvalue weighted by Crippen LogP contribution is 2.03. The van der Waals surface area contributed by atoms with Gasteiger partial charge in [0.15, 0.2) is 0 Å². The minimum Gasteiger partial charge on any atom is -0.467 e. The van der Waals surface area contributed by atoms with Gasteiger partial charge in [-0.25, -0.2) is 0 Å². The molecule has 2 N–H and O–H groups in total. The number of amides is 1. The number of carbonyl (C=O) groups excluding carboxylic acids is 1. The minimum absolute atomic E-state index is 0.00551. The molecule has 1 aromatic heterocycles. The summed E-state index contributed by atoms with van der Waals surface area (Å²) in [5.74, 6) is 1.80. The van der Waals surface area contributed by atoms with E-state index in [-0.39, 0.29) is 11.9 Å². The van der Waals surface area contributed by atoms with Crippen LogP contribution in [0.25, 0.3) is 0 Å². The van der Waals surface area contributed by atoms with E-state index in [0.717, 1.165) is 17.9 Å². The molecule has 0 spiro atoms. The van der Waals surface area contributed by atoms with Crippen molar-refractivity contribution in [2.75, 3.05) is 12.0 Å². The lowest BCUT2D eigenvalue weighted by Crippen LogP contribution is -2.47. The van der Waals surface area contributed by atoms with Gasteiger partial charge in [-0.1, -0.05) is 6.92 Å². The SMILES string of the molecule is CCC(CSC)NC(C)C(=O)NCc1ccco1. The second-order valence-corrected chi connectivity index (χ2v) is 5.16. The van der Waals surface area contributed by atoms with Crippen molar-refractivity contribution in [2.24, 2.45) is 0 Å². The summed E-state index contributed by atoms with van der Waals surface area (Å²) in [5.41, 5.74) is 0. The molecule has 0 fully saturated rings. The topological polar surface area (TPSA) is 54.3 Å². The predicted molar refractivity (Wildman–Crippen MR) is 75.6 cm³/mol. The molecule has 0 aliphatic rings. The van der Waals surface area contributed by atoms with Gasteiger partial charge in [0, 0.05) is 11.8 Å². The molecule has 0 aliphatic heterocycles. The molecule has 102 valence electrons. The van der Waals surface area contributed by atoms with Gasteiger partial charge < -0.3 is 15.1 Å². The number of thioether (sulfide) groups is 1. The third kappa shape index (κ3) is 5.14.